The molecule has 48 valence electrons. The molecule has 3 heteroatoms. The molecule has 0 N–H and O–H groups in total. The third-order valence-corrected chi connectivity index (χ3v) is 1.65. The first kappa shape index (κ1) is 6.92. The molecule has 2 nitrogen and oxygen atoms in total. The summed E-state index contributed by atoms with van der Waals surface area (Å²) in [6, 6.07) is 1.90. The van der Waals surface area contributed by atoms with Gasteiger partial charge < -0.3 is 0 Å². The molecule has 0 fully saturated rings. The second-order valence-corrected chi connectivity index (χ2v) is 2.51. The number of hydrogen-bond donors (Lipinski definition) is 0. The van der Waals surface area contributed by atoms with E-state index in [9.17, 15) is 0 Å². The van der Waals surface area contributed by atoms with Crippen LogP contribution >= 0.6 is 22.6 Å². The first-order chi connectivity index (χ1) is 4.33. The SMILES string of the molecule is Cc1ccnc(CI)n1. The Balaban J connectivity index is 2.94. The summed E-state index contributed by atoms with van der Waals surface area (Å²) >= 11 is 2.24. The summed E-state index contributed by atoms with van der Waals surface area (Å²) < 4.78 is 0.888. The summed E-state index contributed by atoms with van der Waals surface area (Å²) in [5, 5.41) is 0. The van der Waals surface area contributed by atoms with Crippen LogP contribution in [-0.2, 0) is 4.43 Å². The van der Waals surface area contributed by atoms with Crippen molar-refractivity contribution in [3.8, 4) is 0 Å². The summed E-state index contributed by atoms with van der Waals surface area (Å²) in [5.41, 5.74) is 1.04. The van der Waals surface area contributed by atoms with E-state index in [1.807, 2.05) is 13.0 Å². The van der Waals surface area contributed by atoms with Gasteiger partial charge in [-0.2, -0.15) is 0 Å². The fourth-order valence-electron chi connectivity index (χ4n) is 0.565. The molecule has 0 spiro atoms. The molecular formula is C6H7IN2. The minimum absolute atomic E-state index is 0.888. The average Bonchev–Trinajstić information content (AvgIpc) is 1.88. The van der Waals surface area contributed by atoms with E-state index in [4.69, 9.17) is 0 Å². The molecule has 1 heterocycles. The Labute approximate surface area is 67.9 Å². The van der Waals surface area contributed by atoms with Gasteiger partial charge in [-0.25, -0.2) is 9.97 Å². The lowest BCUT2D eigenvalue weighted by Gasteiger charge is -1.92. The highest BCUT2D eigenvalue weighted by molar-refractivity contribution is 14.1. The fourth-order valence-corrected chi connectivity index (χ4v) is 0.933. The van der Waals surface area contributed by atoms with Crippen molar-refractivity contribution in [3.63, 3.8) is 0 Å². The number of aromatic nitrogens is 2. The van der Waals surface area contributed by atoms with Gasteiger partial charge in [-0.1, -0.05) is 22.6 Å². The molecule has 0 saturated carbocycles. The Bertz CT molecular complexity index is 200. The molecular weight excluding hydrogens is 227 g/mol. The largest absolute Gasteiger partial charge is 0.241 e. The van der Waals surface area contributed by atoms with Crippen LogP contribution in [-0.4, -0.2) is 9.97 Å². The maximum atomic E-state index is 4.17. The molecule has 9 heavy (non-hydrogen) atoms. The van der Waals surface area contributed by atoms with E-state index in [0.29, 0.717) is 0 Å². The van der Waals surface area contributed by atoms with Gasteiger partial charge in [-0.05, 0) is 13.0 Å². The van der Waals surface area contributed by atoms with Gasteiger partial charge in [0.25, 0.3) is 0 Å². The number of nitrogens with zero attached hydrogens (tertiary/aromatic N) is 2. The van der Waals surface area contributed by atoms with Crippen LogP contribution < -0.4 is 0 Å². The topological polar surface area (TPSA) is 25.8 Å². The van der Waals surface area contributed by atoms with Crippen molar-refractivity contribution in [2.45, 2.75) is 11.4 Å². The Kier molecular flexibility index (Phi) is 2.38. The highest BCUT2D eigenvalue weighted by Crippen LogP contribution is 1.98. The molecule has 0 aliphatic rings. The lowest BCUT2D eigenvalue weighted by Crippen LogP contribution is -1.90. The zero-order valence-electron chi connectivity index (χ0n) is 5.13. The van der Waals surface area contributed by atoms with Crippen LogP contribution in [0.4, 0.5) is 0 Å². The minimum atomic E-state index is 0.888. The summed E-state index contributed by atoms with van der Waals surface area (Å²) in [6.07, 6.45) is 1.79. The number of hydrogen-bond acceptors (Lipinski definition) is 2. The zero-order chi connectivity index (χ0) is 6.69. The summed E-state index contributed by atoms with van der Waals surface area (Å²) in [6.45, 7) is 1.97. The lowest BCUT2D eigenvalue weighted by molar-refractivity contribution is 1.01. The van der Waals surface area contributed by atoms with Gasteiger partial charge in [0.15, 0.2) is 0 Å². The van der Waals surface area contributed by atoms with E-state index in [1.54, 1.807) is 6.20 Å². The Morgan fingerprint density at radius 1 is 1.67 bits per heavy atom. The van der Waals surface area contributed by atoms with E-state index in [1.165, 1.54) is 0 Å². The van der Waals surface area contributed by atoms with Gasteiger partial charge in [0, 0.05) is 11.9 Å². The molecule has 0 bridgehead atoms. The molecule has 0 radical (unpaired) electrons. The van der Waals surface area contributed by atoms with Gasteiger partial charge in [0.05, 0.1) is 4.43 Å². The maximum absolute atomic E-state index is 4.17. The Morgan fingerprint density at radius 2 is 2.44 bits per heavy atom. The van der Waals surface area contributed by atoms with Gasteiger partial charge in [0.1, 0.15) is 5.82 Å². The van der Waals surface area contributed by atoms with Crippen molar-refractivity contribution in [3.05, 3.63) is 23.8 Å². The average molecular weight is 234 g/mol. The van der Waals surface area contributed by atoms with Crippen LogP contribution in [0.2, 0.25) is 0 Å². The van der Waals surface area contributed by atoms with Crippen molar-refractivity contribution in [1.29, 1.82) is 0 Å². The smallest absolute Gasteiger partial charge is 0.138 e. The zero-order valence-corrected chi connectivity index (χ0v) is 7.29. The van der Waals surface area contributed by atoms with Gasteiger partial charge in [-0.15, -0.1) is 0 Å². The number of alkyl halides is 1. The Morgan fingerprint density at radius 3 is 2.89 bits per heavy atom. The van der Waals surface area contributed by atoms with Crippen molar-refractivity contribution in [1.82, 2.24) is 9.97 Å². The van der Waals surface area contributed by atoms with Gasteiger partial charge in [0.2, 0.25) is 0 Å². The Hall–Kier alpha value is -0.190. The molecule has 1 aromatic rings. The standard InChI is InChI=1S/C6H7IN2/c1-5-2-3-8-6(4-7)9-5/h2-3H,4H2,1H3. The van der Waals surface area contributed by atoms with Crippen molar-refractivity contribution in [2.24, 2.45) is 0 Å². The van der Waals surface area contributed by atoms with E-state index >= 15 is 0 Å². The fraction of sp³-hybridized carbons (Fsp3) is 0.333. The molecule has 0 aliphatic carbocycles. The van der Waals surface area contributed by atoms with E-state index in [0.717, 1.165) is 15.9 Å². The van der Waals surface area contributed by atoms with Crippen LogP contribution in [0.15, 0.2) is 12.3 Å². The second-order valence-electron chi connectivity index (χ2n) is 1.75. The van der Waals surface area contributed by atoms with Crippen LogP contribution in [0, 0.1) is 6.92 Å². The molecule has 0 aliphatic heterocycles. The monoisotopic (exact) mass is 234 g/mol. The molecule has 0 saturated heterocycles. The number of rotatable bonds is 1. The summed E-state index contributed by atoms with van der Waals surface area (Å²) in [4.78, 5) is 8.21. The number of aryl methyl sites for hydroxylation is 1. The van der Waals surface area contributed by atoms with Gasteiger partial charge in [-0.3, -0.25) is 0 Å². The van der Waals surface area contributed by atoms with Crippen molar-refractivity contribution < 1.29 is 0 Å². The first-order valence-corrected chi connectivity index (χ1v) is 4.20. The third kappa shape index (κ3) is 1.89. The normalized spacial score (nSPS) is 9.56. The quantitative estimate of drug-likeness (QED) is 0.546. The summed E-state index contributed by atoms with van der Waals surface area (Å²) in [7, 11) is 0. The highest BCUT2D eigenvalue weighted by atomic mass is 127. The molecule has 0 amide bonds. The molecule has 0 atom stereocenters. The van der Waals surface area contributed by atoms with Crippen LogP contribution in [0.25, 0.3) is 0 Å². The van der Waals surface area contributed by atoms with Gasteiger partial charge >= 0.3 is 0 Å². The van der Waals surface area contributed by atoms with E-state index in [-0.39, 0.29) is 0 Å². The van der Waals surface area contributed by atoms with E-state index in [2.05, 4.69) is 32.6 Å². The lowest BCUT2D eigenvalue weighted by atomic mass is 10.4. The van der Waals surface area contributed by atoms with Crippen molar-refractivity contribution in [2.75, 3.05) is 0 Å². The van der Waals surface area contributed by atoms with Crippen molar-refractivity contribution >= 4 is 22.6 Å². The molecule has 1 rings (SSSR count). The van der Waals surface area contributed by atoms with E-state index < -0.39 is 0 Å². The predicted octanol–water partition coefficient (Wildman–Crippen LogP) is 1.72. The molecule has 0 unspecified atom stereocenters. The minimum Gasteiger partial charge on any atom is -0.241 e. The second kappa shape index (κ2) is 3.10. The van der Waals surface area contributed by atoms with Crippen LogP contribution in [0.5, 0.6) is 0 Å². The number of halogens is 1. The molecule has 1 aromatic heterocycles. The predicted molar refractivity (Wildman–Crippen MR) is 44.5 cm³/mol. The van der Waals surface area contributed by atoms with Crippen LogP contribution in [0.1, 0.15) is 11.5 Å². The van der Waals surface area contributed by atoms with Crippen LogP contribution in [0.3, 0.4) is 0 Å². The third-order valence-electron chi connectivity index (χ3n) is 0.964. The highest BCUT2D eigenvalue weighted by Gasteiger charge is 1.90. The molecule has 0 aromatic carbocycles. The first-order valence-electron chi connectivity index (χ1n) is 2.67. The summed E-state index contributed by atoms with van der Waals surface area (Å²) in [5.74, 6) is 0.913. The maximum Gasteiger partial charge on any atom is 0.138 e.